The third-order valence-electron chi connectivity index (χ3n) is 5.03. The fourth-order valence-electron chi connectivity index (χ4n) is 3.55. The van der Waals surface area contributed by atoms with Crippen LogP contribution in [-0.2, 0) is 12.8 Å². The lowest BCUT2D eigenvalue weighted by Gasteiger charge is -2.13. The zero-order valence-corrected chi connectivity index (χ0v) is 19.3. The van der Waals surface area contributed by atoms with Crippen LogP contribution in [0.3, 0.4) is 0 Å². The summed E-state index contributed by atoms with van der Waals surface area (Å²) in [5.41, 5.74) is 5.30. The number of nitrogens with zero attached hydrogens (tertiary/aromatic N) is 2. The van der Waals surface area contributed by atoms with Crippen molar-refractivity contribution < 1.29 is 14.0 Å². The highest BCUT2D eigenvalue weighted by atomic mass is 79.9. The van der Waals surface area contributed by atoms with Gasteiger partial charge in [0.05, 0.1) is 11.3 Å². The molecular formula is C22H21BrN4O3S. The highest BCUT2D eigenvalue weighted by Gasteiger charge is 2.28. The lowest BCUT2D eigenvalue weighted by Crippen LogP contribution is -2.26. The number of nitrogens with one attached hydrogen (secondary N) is 2. The molecule has 3 aromatic rings. The number of aromatic nitrogens is 1. The average Bonchev–Trinajstić information content (AvgIpc) is 3.40. The largest absolute Gasteiger partial charge is 0.455 e. The molecule has 0 saturated heterocycles. The van der Waals surface area contributed by atoms with Crippen LogP contribution in [0.15, 0.2) is 50.0 Å². The van der Waals surface area contributed by atoms with Crippen molar-refractivity contribution in [2.45, 2.75) is 32.6 Å². The van der Waals surface area contributed by atoms with Gasteiger partial charge in [0.15, 0.2) is 5.76 Å². The molecule has 4 rings (SSSR count). The number of halogens is 1. The first-order chi connectivity index (χ1) is 15.0. The lowest BCUT2D eigenvalue weighted by atomic mass is 9.93. The molecule has 31 heavy (non-hydrogen) atoms. The van der Waals surface area contributed by atoms with E-state index in [4.69, 9.17) is 4.42 Å². The summed E-state index contributed by atoms with van der Waals surface area (Å²) in [4.78, 5) is 30.3. The Morgan fingerprint density at radius 1 is 1.29 bits per heavy atom. The molecule has 0 bridgehead atoms. The minimum Gasteiger partial charge on any atom is -0.455 e. The third kappa shape index (κ3) is 4.94. The minimum atomic E-state index is -0.346. The number of rotatable bonds is 6. The Kier molecular flexibility index (Phi) is 6.62. The number of amides is 2. The van der Waals surface area contributed by atoms with Crippen molar-refractivity contribution in [1.82, 2.24) is 15.7 Å². The van der Waals surface area contributed by atoms with E-state index in [1.807, 2.05) is 18.4 Å². The van der Waals surface area contributed by atoms with E-state index in [0.29, 0.717) is 28.8 Å². The summed E-state index contributed by atoms with van der Waals surface area (Å²) in [6.07, 6.45) is 6.15. The van der Waals surface area contributed by atoms with Gasteiger partial charge in [-0.15, -0.1) is 11.3 Å². The Balaban J connectivity index is 1.47. The Labute approximate surface area is 192 Å². The van der Waals surface area contributed by atoms with Crippen molar-refractivity contribution >= 4 is 44.8 Å². The number of thiophene rings is 1. The van der Waals surface area contributed by atoms with Crippen LogP contribution in [0.2, 0.25) is 0 Å². The molecule has 1 aliphatic carbocycles. The summed E-state index contributed by atoms with van der Waals surface area (Å²) in [6, 6.07) is 5.73. The number of hydrogen-bond acceptors (Lipinski definition) is 6. The van der Waals surface area contributed by atoms with Gasteiger partial charge in [-0.3, -0.25) is 14.6 Å². The molecular weight excluding hydrogens is 480 g/mol. The predicted octanol–water partition coefficient (Wildman–Crippen LogP) is 4.25. The van der Waals surface area contributed by atoms with Crippen molar-refractivity contribution in [1.29, 1.82) is 0 Å². The van der Waals surface area contributed by atoms with Crippen LogP contribution in [0.25, 0.3) is 0 Å². The van der Waals surface area contributed by atoms with Crippen molar-refractivity contribution in [2.24, 2.45) is 5.10 Å². The van der Waals surface area contributed by atoms with Gasteiger partial charge in [-0.25, -0.2) is 5.43 Å². The lowest BCUT2D eigenvalue weighted by molar-refractivity contribution is 0.0922. The second-order valence-electron chi connectivity index (χ2n) is 7.18. The zero-order valence-electron chi connectivity index (χ0n) is 16.9. The van der Waals surface area contributed by atoms with Gasteiger partial charge < -0.3 is 9.73 Å². The van der Waals surface area contributed by atoms with E-state index in [9.17, 15) is 9.59 Å². The molecule has 0 spiro atoms. The number of pyridine rings is 1. The monoisotopic (exact) mass is 500 g/mol. The normalized spacial score (nSPS) is 14.3. The molecule has 0 saturated carbocycles. The van der Waals surface area contributed by atoms with Crippen LogP contribution in [-0.4, -0.2) is 29.1 Å². The summed E-state index contributed by atoms with van der Waals surface area (Å²) in [5, 5.41) is 9.30. The van der Waals surface area contributed by atoms with Crippen LogP contribution in [0.5, 0.6) is 0 Å². The van der Waals surface area contributed by atoms with Gasteiger partial charge in [0.25, 0.3) is 11.8 Å². The molecule has 3 aromatic heterocycles. The van der Waals surface area contributed by atoms with E-state index in [1.165, 1.54) is 11.1 Å². The first kappa shape index (κ1) is 21.5. The molecule has 0 radical (unpaired) electrons. The molecule has 9 heteroatoms. The fourth-order valence-corrected chi connectivity index (χ4v) is 4.62. The van der Waals surface area contributed by atoms with Crippen LogP contribution in [0, 0.1) is 6.92 Å². The van der Waals surface area contributed by atoms with E-state index < -0.39 is 0 Å². The summed E-state index contributed by atoms with van der Waals surface area (Å²) in [5.74, 6) is 0.478. The summed E-state index contributed by atoms with van der Waals surface area (Å²) >= 11 is 4.98. The maximum atomic E-state index is 12.7. The molecule has 3 heterocycles. The highest BCUT2D eigenvalue weighted by Crippen LogP contribution is 2.30. The number of hydrazone groups is 1. The average molecular weight is 501 g/mol. The Hall–Kier alpha value is -2.78. The Morgan fingerprint density at radius 3 is 2.94 bits per heavy atom. The zero-order chi connectivity index (χ0) is 21.8. The summed E-state index contributed by atoms with van der Waals surface area (Å²) in [6.45, 7) is 2.40. The minimum absolute atomic E-state index is 0.230. The fraction of sp³-hybridized carbons (Fsp3) is 0.273. The number of hydrogen-bond donors (Lipinski definition) is 2. The van der Waals surface area contributed by atoms with E-state index in [1.54, 1.807) is 23.6 Å². The Bertz CT molecular complexity index is 1140. The van der Waals surface area contributed by atoms with Crippen molar-refractivity contribution in [3.8, 4) is 0 Å². The third-order valence-corrected chi connectivity index (χ3v) is 6.40. The van der Waals surface area contributed by atoms with Gasteiger partial charge >= 0.3 is 0 Å². The van der Waals surface area contributed by atoms with Gasteiger partial charge in [-0.2, -0.15) is 5.10 Å². The number of aryl methyl sites for hydroxylation is 1. The van der Waals surface area contributed by atoms with E-state index in [2.05, 4.69) is 42.8 Å². The predicted molar refractivity (Wildman–Crippen MR) is 123 cm³/mol. The number of furan rings is 1. The van der Waals surface area contributed by atoms with Gasteiger partial charge in [-0.05, 0) is 59.6 Å². The maximum Gasteiger partial charge on any atom is 0.287 e. The van der Waals surface area contributed by atoms with Crippen LogP contribution in [0.4, 0.5) is 0 Å². The second kappa shape index (κ2) is 9.57. The quantitative estimate of drug-likeness (QED) is 0.494. The van der Waals surface area contributed by atoms with Crippen LogP contribution in [0.1, 0.15) is 55.5 Å². The molecule has 160 valence electrons. The molecule has 0 aliphatic heterocycles. The Morgan fingerprint density at radius 2 is 2.16 bits per heavy atom. The SMILES string of the molecule is Cc1c(C(=O)NCCc2cccs2)oc2c1/C(=N/NC(=O)c1cncc(Br)c1)CCC2. The molecule has 0 atom stereocenters. The van der Waals surface area contributed by atoms with Crippen LogP contribution < -0.4 is 10.7 Å². The van der Waals surface area contributed by atoms with Gasteiger partial charge in [0.1, 0.15) is 5.76 Å². The molecule has 2 N–H and O–H groups in total. The van der Waals surface area contributed by atoms with Crippen molar-refractivity contribution in [3.63, 3.8) is 0 Å². The number of carbonyl (C=O) groups excluding carboxylic acids is 2. The highest BCUT2D eigenvalue weighted by molar-refractivity contribution is 9.10. The van der Waals surface area contributed by atoms with E-state index in [0.717, 1.165) is 41.9 Å². The number of fused-ring (bicyclic) bond motifs is 1. The van der Waals surface area contributed by atoms with Crippen molar-refractivity contribution in [2.75, 3.05) is 6.54 Å². The van der Waals surface area contributed by atoms with E-state index >= 15 is 0 Å². The first-order valence-electron chi connectivity index (χ1n) is 9.93. The van der Waals surface area contributed by atoms with Gasteiger partial charge in [0.2, 0.25) is 0 Å². The summed E-state index contributed by atoms with van der Waals surface area (Å²) < 4.78 is 6.62. The maximum absolute atomic E-state index is 12.7. The van der Waals surface area contributed by atoms with E-state index in [-0.39, 0.29) is 11.8 Å². The smallest absolute Gasteiger partial charge is 0.287 e. The molecule has 0 fully saturated rings. The molecule has 1 aliphatic rings. The summed E-state index contributed by atoms with van der Waals surface area (Å²) in [7, 11) is 0. The standard InChI is InChI=1S/C22H21BrN4O3S/c1-13-19-17(26-27-21(28)14-10-15(23)12-24-11-14)5-2-6-18(19)30-20(13)22(29)25-8-7-16-4-3-9-31-16/h3-4,9-12H,2,5-8H2,1H3,(H,25,29)(H,27,28)/b26-17+. The molecule has 7 nitrogen and oxygen atoms in total. The van der Waals surface area contributed by atoms with Gasteiger partial charge in [0, 0.05) is 45.8 Å². The number of carbonyl (C=O) groups is 2. The second-order valence-corrected chi connectivity index (χ2v) is 9.13. The first-order valence-corrected chi connectivity index (χ1v) is 11.6. The molecule has 2 amide bonds. The molecule has 0 aromatic carbocycles. The molecule has 0 unspecified atom stereocenters. The van der Waals surface area contributed by atoms with Crippen LogP contribution >= 0.6 is 27.3 Å². The van der Waals surface area contributed by atoms with Crippen molar-refractivity contribution in [3.05, 3.63) is 73.5 Å². The topological polar surface area (TPSA) is 96.6 Å². The van der Waals surface area contributed by atoms with Gasteiger partial charge in [-0.1, -0.05) is 6.07 Å².